The molecule has 300 valence electrons. The first-order valence-corrected chi connectivity index (χ1v) is 19.2. The van der Waals surface area contributed by atoms with Gasteiger partial charge >= 0.3 is 29.8 Å². The van der Waals surface area contributed by atoms with Crippen LogP contribution in [0.1, 0.15) is 113 Å². The van der Waals surface area contributed by atoms with Crippen LogP contribution in [0.2, 0.25) is 0 Å². The molecule has 3 aliphatic carbocycles. The zero-order valence-corrected chi connectivity index (χ0v) is 33.2. The quantitative estimate of drug-likeness (QED) is 0.171. The van der Waals surface area contributed by atoms with Gasteiger partial charge < -0.3 is 38.3 Å². The average molecular weight is 759 g/mol. The maximum absolute atomic E-state index is 14.3. The first kappa shape index (κ1) is 41.5. The van der Waals surface area contributed by atoms with Crippen LogP contribution in [0.5, 0.6) is 0 Å². The molecule has 1 aromatic rings. The van der Waals surface area contributed by atoms with Gasteiger partial charge in [0.05, 0.1) is 25.6 Å². The van der Waals surface area contributed by atoms with Gasteiger partial charge in [-0.2, -0.15) is 0 Å². The molecule has 1 saturated heterocycles. The minimum absolute atomic E-state index is 0.0823. The lowest BCUT2D eigenvalue weighted by Crippen LogP contribution is -2.70. The van der Waals surface area contributed by atoms with Crippen LogP contribution >= 0.6 is 0 Å². The number of furan rings is 1. The Kier molecular flexibility index (Phi) is 11.6. The lowest BCUT2D eigenvalue weighted by atomic mass is 9.39. The van der Waals surface area contributed by atoms with E-state index in [1.54, 1.807) is 33.3 Å². The minimum Gasteiger partial charge on any atom is -0.472 e. The zero-order chi connectivity index (χ0) is 40.1. The molecule has 0 amide bonds. The number of esters is 5. The van der Waals surface area contributed by atoms with Crippen molar-refractivity contribution in [2.75, 3.05) is 6.61 Å². The Morgan fingerprint density at radius 3 is 2.09 bits per heavy atom. The molecule has 2 N–H and O–H groups in total. The number of aliphatic hydroxyl groups excluding tert-OH is 2. The van der Waals surface area contributed by atoms with Crippen LogP contribution < -0.4 is 0 Å². The number of rotatable bonds is 11. The van der Waals surface area contributed by atoms with Crippen molar-refractivity contribution in [1.82, 2.24) is 0 Å². The van der Waals surface area contributed by atoms with Gasteiger partial charge in [-0.05, 0) is 56.1 Å². The Bertz CT molecular complexity index is 1630. The molecule has 13 nitrogen and oxygen atoms in total. The molecule has 0 bridgehead atoms. The fourth-order valence-electron chi connectivity index (χ4n) is 10.6. The van der Waals surface area contributed by atoms with Crippen LogP contribution in [0, 0.1) is 39.9 Å². The molecular formula is C41H58O13. The van der Waals surface area contributed by atoms with Crippen molar-refractivity contribution in [3.8, 4) is 0 Å². The van der Waals surface area contributed by atoms with Crippen molar-refractivity contribution < 1.29 is 62.3 Å². The summed E-state index contributed by atoms with van der Waals surface area (Å²) in [6.45, 7) is 16.6. The van der Waals surface area contributed by atoms with E-state index in [0.717, 1.165) is 11.1 Å². The van der Waals surface area contributed by atoms with E-state index in [0.29, 0.717) is 12.8 Å². The zero-order valence-electron chi connectivity index (χ0n) is 33.2. The Labute approximate surface area is 317 Å². The van der Waals surface area contributed by atoms with Gasteiger partial charge in [0.2, 0.25) is 6.10 Å². The van der Waals surface area contributed by atoms with Crippen molar-refractivity contribution in [2.24, 2.45) is 39.9 Å². The molecule has 1 aromatic heterocycles. The second kappa shape index (κ2) is 15.1. The summed E-state index contributed by atoms with van der Waals surface area (Å²) >= 11 is 0. The van der Waals surface area contributed by atoms with Gasteiger partial charge in [-0.3, -0.25) is 14.4 Å². The highest BCUT2D eigenvalue weighted by Crippen LogP contribution is 2.73. The summed E-state index contributed by atoms with van der Waals surface area (Å²) in [6.07, 6.45) is 0.858. The highest BCUT2D eigenvalue weighted by atomic mass is 16.6. The number of hydrogen-bond donors (Lipinski definition) is 2. The smallest absolute Gasteiger partial charge is 0.348 e. The molecule has 2 saturated carbocycles. The summed E-state index contributed by atoms with van der Waals surface area (Å²) in [5.74, 6) is -5.88. The predicted octanol–water partition coefficient (Wildman–Crippen LogP) is 5.20. The van der Waals surface area contributed by atoms with E-state index in [9.17, 15) is 34.2 Å². The van der Waals surface area contributed by atoms with Crippen LogP contribution in [0.25, 0.3) is 0 Å². The van der Waals surface area contributed by atoms with Crippen molar-refractivity contribution in [3.63, 3.8) is 0 Å². The first-order valence-electron chi connectivity index (χ1n) is 19.2. The van der Waals surface area contributed by atoms with Gasteiger partial charge in [0.1, 0.15) is 23.9 Å². The number of ether oxygens (including phenoxy) is 5. The number of carbonyl (C=O) groups excluding carboxylic acids is 5. The molecular weight excluding hydrogens is 700 g/mol. The molecule has 13 atom stereocenters. The molecule has 3 unspecified atom stereocenters. The third-order valence-electron chi connectivity index (χ3n) is 13.7. The fourth-order valence-corrected chi connectivity index (χ4v) is 10.6. The monoisotopic (exact) mass is 758 g/mol. The van der Waals surface area contributed by atoms with Crippen molar-refractivity contribution in [2.45, 2.75) is 143 Å². The number of cyclic esters (lactones) is 1. The molecule has 0 aromatic carbocycles. The number of allylic oxidation sites excluding steroid dienone is 1. The van der Waals surface area contributed by atoms with E-state index in [1.807, 2.05) is 40.7 Å². The van der Waals surface area contributed by atoms with Gasteiger partial charge in [0.25, 0.3) is 0 Å². The summed E-state index contributed by atoms with van der Waals surface area (Å²) in [6, 6.07) is 1.87. The number of fused-ring (bicyclic) bond motifs is 5. The van der Waals surface area contributed by atoms with E-state index in [2.05, 4.69) is 6.08 Å². The van der Waals surface area contributed by atoms with Crippen LogP contribution in [-0.4, -0.2) is 82.8 Å². The Hall–Kier alpha value is -3.71. The Morgan fingerprint density at radius 1 is 0.907 bits per heavy atom. The normalized spacial score (nSPS) is 37.6. The van der Waals surface area contributed by atoms with E-state index in [1.165, 1.54) is 13.8 Å². The number of carbonyl (C=O) groups is 5. The Balaban J connectivity index is 1.77. The van der Waals surface area contributed by atoms with E-state index in [-0.39, 0.29) is 31.1 Å². The third kappa shape index (κ3) is 6.77. The van der Waals surface area contributed by atoms with E-state index < -0.39 is 107 Å². The van der Waals surface area contributed by atoms with Crippen molar-refractivity contribution in [1.29, 1.82) is 0 Å². The van der Waals surface area contributed by atoms with Crippen molar-refractivity contribution >= 4 is 29.8 Å². The van der Waals surface area contributed by atoms with Crippen LogP contribution in [0.4, 0.5) is 0 Å². The molecule has 3 fully saturated rings. The summed E-state index contributed by atoms with van der Waals surface area (Å²) in [5, 5.41) is 21.9. The second-order valence-corrected chi connectivity index (χ2v) is 17.2. The molecule has 0 radical (unpaired) electrons. The maximum Gasteiger partial charge on any atom is 0.348 e. The lowest BCUT2D eigenvalue weighted by Gasteiger charge is -2.67. The number of hydrogen-bond acceptors (Lipinski definition) is 13. The fraction of sp³-hybridized carbons (Fsp3) is 0.732. The highest BCUT2D eigenvalue weighted by Gasteiger charge is 2.74. The minimum atomic E-state index is -1.50. The largest absolute Gasteiger partial charge is 0.472 e. The molecule has 1 aliphatic heterocycles. The SMILES string of the molecule is CCC(C)C(OC(C)=O)C(=O)O[C@@H]1C[C@H]2[C@](C)(C3=CC[C@@H](c4ccoc4)[C@@]31C)[C@H](OC(=O)C(O)C(C)C)C[C@@H]1[C@]2(C)[C@@H](OC(C)=O)CC(=O)O[C@]1(C)CO. The second-order valence-electron chi connectivity index (χ2n) is 17.2. The molecule has 4 aliphatic rings. The van der Waals surface area contributed by atoms with Crippen LogP contribution in [0.15, 0.2) is 34.7 Å². The molecule has 13 heteroatoms. The maximum atomic E-state index is 14.3. The average Bonchev–Trinajstić information content (AvgIpc) is 3.74. The molecule has 5 rings (SSSR count). The number of aliphatic hydroxyl groups is 2. The first-order chi connectivity index (χ1) is 25.2. The van der Waals surface area contributed by atoms with Gasteiger partial charge in [-0.15, -0.1) is 0 Å². The lowest BCUT2D eigenvalue weighted by molar-refractivity contribution is -0.247. The summed E-state index contributed by atoms with van der Waals surface area (Å²) < 4.78 is 36.1. The molecule has 2 heterocycles. The van der Waals surface area contributed by atoms with Crippen molar-refractivity contribution in [3.05, 3.63) is 35.8 Å². The molecule has 54 heavy (non-hydrogen) atoms. The van der Waals surface area contributed by atoms with Crippen LogP contribution in [-0.2, 0) is 47.7 Å². The molecule has 0 spiro atoms. The highest BCUT2D eigenvalue weighted by molar-refractivity contribution is 5.79. The van der Waals surface area contributed by atoms with Gasteiger partial charge in [0, 0.05) is 47.8 Å². The standard InChI is InChI=1S/C41H58O13/c1-11-22(4)35(51-24(6)44)37(48)53-30-17-29-40(9,27-13-12-26(39(27,30)8)25-14-15-49-19-25)31(52-36(47)34(46)21(2)3)16-28-38(7,20-42)54-33(45)18-32(41(28,29)10)50-23(5)43/h13-15,19,21-22,26,28-32,34-35,42,46H,11-12,16-18,20H2,1-10H3/t22?,26-,28-,29-,30+,31+,32-,34?,35?,38+,39-,40-,41-/m0/s1. The Morgan fingerprint density at radius 2 is 1.54 bits per heavy atom. The van der Waals surface area contributed by atoms with Gasteiger partial charge in [0.15, 0.2) is 6.10 Å². The van der Waals surface area contributed by atoms with Gasteiger partial charge in [-0.1, -0.05) is 60.1 Å². The summed E-state index contributed by atoms with van der Waals surface area (Å²) in [4.78, 5) is 66.5. The van der Waals surface area contributed by atoms with Gasteiger partial charge in [-0.25, -0.2) is 9.59 Å². The summed E-state index contributed by atoms with van der Waals surface area (Å²) in [7, 11) is 0. The van der Waals surface area contributed by atoms with Crippen LogP contribution in [0.3, 0.4) is 0 Å². The topological polar surface area (TPSA) is 185 Å². The summed E-state index contributed by atoms with van der Waals surface area (Å²) in [5.41, 5.74) is -2.93. The van der Waals surface area contributed by atoms with E-state index in [4.69, 9.17) is 28.1 Å². The van der Waals surface area contributed by atoms with E-state index >= 15 is 0 Å². The third-order valence-corrected chi connectivity index (χ3v) is 13.7. The predicted molar refractivity (Wildman–Crippen MR) is 192 cm³/mol.